The molecule has 2 saturated heterocycles. The summed E-state index contributed by atoms with van der Waals surface area (Å²) in [6.45, 7) is 5.68. The number of imidazole rings is 1. The van der Waals surface area contributed by atoms with Crippen molar-refractivity contribution in [2.75, 3.05) is 19.7 Å². The summed E-state index contributed by atoms with van der Waals surface area (Å²) >= 11 is 0. The van der Waals surface area contributed by atoms with Crippen LogP contribution in [0, 0.1) is 5.82 Å². The lowest BCUT2D eigenvalue weighted by Crippen LogP contribution is -2.37. The summed E-state index contributed by atoms with van der Waals surface area (Å²) in [5.41, 5.74) is 4.52. The van der Waals surface area contributed by atoms with Gasteiger partial charge in [0.2, 0.25) is 5.88 Å². The Hall–Kier alpha value is -4.41. The number of fused-ring (bicyclic) bond motifs is 2. The Morgan fingerprint density at radius 1 is 1.09 bits per heavy atom. The number of piperidine rings is 1. The Balaban J connectivity index is 1.03. The van der Waals surface area contributed by atoms with E-state index in [0.29, 0.717) is 24.9 Å². The standard InChI is InChI=1S/C34H34FN5O4/c1-21(33-38-29-9-8-24(34(41)42)17-30(29)40(33)19-27-12-15-43-27)39-13-10-22(11-14-39)28-6-3-7-31(37-28)44-20-25-5-2-4-23-16-26(35)18-36-32(23)25/h2-9,16-18,21-22,27H,10-15,19-20H2,1H3,(H,41,42)/t21-,27-/m0/s1. The molecule has 10 heteroatoms. The zero-order valence-corrected chi connectivity index (χ0v) is 24.5. The van der Waals surface area contributed by atoms with E-state index in [0.717, 1.165) is 78.0 Å². The minimum atomic E-state index is -0.943. The fourth-order valence-electron chi connectivity index (χ4n) is 6.37. The largest absolute Gasteiger partial charge is 0.478 e. The Morgan fingerprint density at radius 2 is 1.91 bits per heavy atom. The average molecular weight is 596 g/mol. The van der Waals surface area contributed by atoms with Crippen molar-refractivity contribution in [3.63, 3.8) is 0 Å². The number of carbonyl (C=O) groups is 1. The maximum absolute atomic E-state index is 13.6. The molecule has 0 spiro atoms. The van der Waals surface area contributed by atoms with E-state index in [1.54, 1.807) is 18.2 Å². The highest BCUT2D eigenvalue weighted by Gasteiger charge is 2.30. The molecule has 2 atom stereocenters. The van der Waals surface area contributed by atoms with Gasteiger partial charge >= 0.3 is 5.97 Å². The molecule has 7 rings (SSSR count). The highest BCUT2D eigenvalue weighted by atomic mass is 19.1. The highest BCUT2D eigenvalue weighted by Crippen LogP contribution is 2.34. The van der Waals surface area contributed by atoms with E-state index in [9.17, 15) is 14.3 Å². The Labute approximate surface area is 254 Å². The summed E-state index contributed by atoms with van der Waals surface area (Å²) in [7, 11) is 0. The third kappa shape index (κ3) is 5.62. The van der Waals surface area contributed by atoms with Crippen LogP contribution < -0.4 is 4.74 Å². The number of hydrogen-bond acceptors (Lipinski definition) is 7. The van der Waals surface area contributed by atoms with Gasteiger partial charge in [0.15, 0.2) is 0 Å². The molecular weight excluding hydrogens is 561 g/mol. The molecule has 9 nitrogen and oxygen atoms in total. The lowest BCUT2D eigenvalue weighted by Gasteiger charge is -2.36. The number of likely N-dealkylation sites (tertiary alicyclic amines) is 1. The second-order valence-electron chi connectivity index (χ2n) is 11.7. The van der Waals surface area contributed by atoms with Crippen LogP contribution >= 0.6 is 0 Å². The molecule has 0 bridgehead atoms. The van der Waals surface area contributed by atoms with Gasteiger partial charge in [-0.25, -0.2) is 19.2 Å². The van der Waals surface area contributed by atoms with Gasteiger partial charge in [0.1, 0.15) is 18.2 Å². The summed E-state index contributed by atoms with van der Waals surface area (Å²) in [6, 6.07) is 18.3. The molecule has 2 aromatic carbocycles. The number of benzene rings is 2. The van der Waals surface area contributed by atoms with E-state index in [2.05, 4.69) is 27.4 Å². The van der Waals surface area contributed by atoms with Crippen molar-refractivity contribution in [1.82, 2.24) is 24.4 Å². The number of aromatic nitrogens is 4. The summed E-state index contributed by atoms with van der Waals surface area (Å²) in [5.74, 6) is 0.508. The SMILES string of the molecule is C[C@@H](c1nc2ccc(C(=O)O)cc2n1C[C@@H]1CCO1)N1CCC(c2cccc(OCc3cccc4cc(F)cnc34)n2)CC1. The van der Waals surface area contributed by atoms with Crippen molar-refractivity contribution in [3.8, 4) is 5.88 Å². The molecule has 2 fully saturated rings. The first-order chi connectivity index (χ1) is 21.4. The summed E-state index contributed by atoms with van der Waals surface area (Å²) in [4.78, 5) is 28.2. The average Bonchev–Trinajstić information content (AvgIpc) is 3.39. The van der Waals surface area contributed by atoms with Crippen LogP contribution in [0.5, 0.6) is 5.88 Å². The van der Waals surface area contributed by atoms with Crippen LogP contribution in [0.3, 0.4) is 0 Å². The summed E-state index contributed by atoms with van der Waals surface area (Å²) < 4.78 is 27.6. The second-order valence-corrected chi connectivity index (χ2v) is 11.7. The molecular formula is C34H34FN5O4. The number of hydrogen-bond donors (Lipinski definition) is 1. The number of aromatic carboxylic acids is 1. The van der Waals surface area contributed by atoms with Crippen molar-refractivity contribution in [3.05, 3.63) is 95.3 Å². The van der Waals surface area contributed by atoms with Gasteiger partial charge in [0.25, 0.3) is 0 Å². The van der Waals surface area contributed by atoms with Crippen molar-refractivity contribution in [2.45, 2.75) is 57.4 Å². The van der Waals surface area contributed by atoms with Crippen LogP contribution in [0.4, 0.5) is 4.39 Å². The molecule has 0 unspecified atom stereocenters. The van der Waals surface area contributed by atoms with Gasteiger partial charge in [-0.2, -0.15) is 0 Å². The molecule has 0 aliphatic carbocycles. The lowest BCUT2D eigenvalue weighted by molar-refractivity contribution is -0.0594. The number of rotatable bonds is 9. The van der Waals surface area contributed by atoms with E-state index in [4.69, 9.17) is 19.4 Å². The zero-order valence-electron chi connectivity index (χ0n) is 24.5. The highest BCUT2D eigenvalue weighted by molar-refractivity contribution is 5.92. The summed E-state index contributed by atoms with van der Waals surface area (Å²) in [5, 5.41) is 10.3. The Bertz CT molecular complexity index is 1830. The van der Waals surface area contributed by atoms with Crippen molar-refractivity contribution >= 4 is 27.9 Å². The van der Waals surface area contributed by atoms with Gasteiger partial charge < -0.3 is 19.1 Å². The van der Waals surface area contributed by atoms with E-state index >= 15 is 0 Å². The predicted octanol–water partition coefficient (Wildman–Crippen LogP) is 6.13. The van der Waals surface area contributed by atoms with Crippen molar-refractivity contribution in [2.24, 2.45) is 0 Å². The van der Waals surface area contributed by atoms with Gasteiger partial charge in [-0.05, 0) is 69.6 Å². The maximum atomic E-state index is 13.6. The van der Waals surface area contributed by atoms with Gasteiger partial charge in [0.05, 0.1) is 47.0 Å². The first kappa shape index (κ1) is 28.4. The monoisotopic (exact) mass is 595 g/mol. The second kappa shape index (κ2) is 11.9. The van der Waals surface area contributed by atoms with Crippen molar-refractivity contribution < 1.29 is 23.8 Å². The fourth-order valence-corrected chi connectivity index (χ4v) is 6.37. The molecule has 226 valence electrons. The van der Waals surface area contributed by atoms with Gasteiger partial charge in [-0.1, -0.05) is 24.3 Å². The lowest BCUT2D eigenvalue weighted by atomic mass is 9.92. The number of carboxylic acid groups (broad SMARTS) is 1. The molecule has 2 aliphatic heterocycles. The maximum Gasteiger partial charge on any atom is 0.335 e. The minimum Gasteiger partial charge on any atom is -0.478 e. The number of halogens is 1. The van der Waals surface area contributed by atoms with Gasteiger partial charge in [-0.3, -0.25) is 9.88 Å². The third-order valence-corrected chi connectivity index (χ3v) is 8.96. The molecule has 0 saturated carbocycles. The predicted molar refractivity (Wildman–Crippen MR) is 163 cm³/mol. The van der Waals surface area contributed by atoms with E-state index in [1.165, 1.54) is 12.3 Å². The third-order valence-electron chi connectivity index (χ3n) is 8.96. The first-order valence-electron chi connectivity index (χ1n) is 15.1. The molecule has 0 amide bonds. The first-order valence-corrected chi connectivity index (χ1v) is 15.1. The Morgan fingerprint density at radius 3 is 2.68 bits per heavy atom. The molecule has 44 heavy (non-hydrogen) atoms. The number of para-hydroxylation sites is 1. The minimum absolute atomic E-state index is 0.0575. The van der Waals surface area contributed by atoms with Crippen LogP contribution in [0.2, 0.25) is 0 Å². The molecule has 5 aromatic rings. The molecule has 1 N–H and O–H groups in total. The fraction of sp³-hybridized carbons (Fsp3) is 0.353. The van der Waals surface area contributed by atoms with Crippen LogP contribution in [-0.4, -0.2) is 61.3 Å². The smallest absolute Gasteiger partial charge is 0.335 e. The normalized spacial score (nSPS) is 18.4. The quantitative estimate of drug-likeness (QED) is 0.217. The molecule has 2 aliphatic rings. The van der Waals surface area contributed by atoms with E-state index in [1.807, 2.05) is 30.3 Å². The number of ether oxygens (including phenoxy) is 2. The van der Waals surface area contributed by atoms with Crippen molar-refractivity contribution in [1.29, 1.82) is 0 Å². The van der Waals surface area contributed by atoms with Crippen LogP contribution in [0.15, 0.2) is 66.9 Å². The van der Waals surface area contributed by atoms with Crippen LogP contribution in [0.1, 0.15) is 65.6 Å². The number of carboxylic acids is 1. The number of nitrogens with zero attached hydrogens (tertiary/aromatic N) is 5. The Kier molecular flexibility index (Phi) is 7.69. The molecule has 0 radical (unpaired) electrons. The number of pyridine rings is 2. The van der Waals surface area contributed by atoms with E-state index in [-0.39, 0.29) is 23.5 Å². The van der Waals surface area contributed by atoms with E-state index < -0.39 is 5.97 Å². The molecule has 3 aromatic heterocycles. The molecule has 5 heterocycles. The van der Waals surface area contributed by atoms with Gasteiger partial charge in [0, 0.05) is 35.2 Å². The van der Waals surface area contributed by atoms with Crippen LogP contribution in [-0.2, 0) is 17.9 Å². The van der Waals surface area contributed by atoms with Crippen LogP contribution in [0.25, 0.3) is 21.9 Å². The topological polar surface area (TPSA) is 103 Å². The van der Waals surface area contributed by atoms with Gasteiger partial charge in [-0.15, -0.1) is 0 Å². The summed E-state index contributed by atoms with van der Waals surface area (Å²) in [6.07, 6.45) is 4.25. The zero-order chi connectivity index (χ0) is 30.2.